The predicted octanol–water partition coefficient (Wildman–Crippen LogP) is 2.94. The van der Waals surface area contributed by atoms with Crippen LogP contribution in [-0.4, -0.2) is 38.8 Å². The summed E-state index contributed by atoms with van der Waals surface area (Å²) >= 11 is 0. The lowest BCUT2D eigenvalue weighted by Crippen LogP contribution is -2.36. The number of carbonyl (C=O) groups is 1. The summed E-state index contributed by atoms with van der Waals surface area (Å²) in [5.74, 6) is 2.00. The van der Waals surface area contributed by atoms with Crippen LogP contribution in [0.5, 0.6) is 11.5 Å². The Hall–Kier alpha value is -2.54. The zero-order valence-corrected chi connectivity index (χ0v) is 16.2. The third-order valence-electron chi connectivity index (χ3n) is 4.12. The first kappa shape index (κ1) is 19.8. The molecule has 2 N–H and O–H groups in total. The zero-order chi connectivity index (χ0) is 19.3. The summed E-state index contributed by atoms with van der Waals surface area (Å²) in [6.45, 7) is 7.94. The van der Waals surface area contributed by atoms with Gasteiger partial charge in [0, 0.05) is 23.4 Å². The fourth-order valence-corrected chi connectivity index (χ4v) is 2.45. The average Bonchev–Trinajstić information content (AvgIpc) is 2.62. The standard InChI is InChI=1S/C19H27N3O4/c1-11(2)18-20-13(4)12(3)19(22-18)26-10-17(23)21-14-7-8-15(24-5)16(9-14)25-6/h7-9,11,19H,10H2,1-6H3,(H,20,22)(H,21,23). The molecule has 0 bridgehead atoms. The van der Waals surface area contributed by atoms with E-state index in [9.17, 15) is 4.79 Å². The molecule has 1 aromatic carbocycles. The normalized spacial score (nSPS) is 16.9. The number of amides is 1. The van der Waals surface area contributed by atoms with Crippen molar-refractivity contribution in [2.75, 3.05) is 26.1 Å². The van der Waals surface area contributed by atoms with Crippen LogP contribution in [0.1, 0.15) is 27.7 Å². The van der Waals surface area contributed by atoms with E-state index >= 15 is 0 Å². The van der Waals surface area contributed by atoms with Gasteiger partial charge in [0.1, 0.15) is 12.4 Å². The largest absolute Gasteiger partial charge is 0.493 e. The fourth-order valence-electron chi connectivity index (χ4n) is 2.45. The van der Waals surface area contributed by atoms with E-state index in [1.807, 2.05) is 13.8 Å². The smallest absolute Gasteiger partial charge is 0.250 e. The second-order valence-electron chi connectivity index (χ2n) is 6.38. The highest BCUT2D eigenvalue weighted by Crippen LogP contribution is 2.29. The number of rotatable bonds is 7. The van der Waals surface area contributed by atoms with Crippen molar-refractivity contribution in [1.29, 1.82) is 0 Å². The van der Waals surface area contributed by atoms with Crippen LogP contribution in [0.3, 0.4) is 0 Å². The second kappa shape index (κ2) is 8.71. The molecule has 0 spiro atoms. The maximum Gasteiger partial charge on any atom is 0.250 e. The number of anilines is 1. The number of ether oxygens (including phenoxy) is 3. The lowest BCUT2D eigenvalue weighted by atomic mass is 10.1. The summed E-state index contributed by atoms with van der Waals surface area (Å²) in [6.07, 6.45) is -0.454. The summed E-state index contributed by atoms with van der Waals surface area (Å²) in [5, 5.41) is 6.06. The third kappa shape index (κ3) is 4.76. The van der Waals surface area contributed by atoms with Gasteiger partial charge in [-0.3, -0.25) is 4.79 Å². The van der Waals surface area contributed by atoms with E-state index in [-0.39, 0.29) is 18.4 Å². The van der Waals surface area contributed by atoms with Gasteiger partial charge >= 0.3 is 0 Å². The van der Waals surface area contributed by atoms with E-state index in [0.717, 1.165) is 17.1 Å². The predicted molar refractivity (Wildman–Crippen MR) is 102 cm³/mol. The van der Waals surface area contributed by atoms with Crippen molar-refractivity contribution in [1.82, 2.24) is 5.32 Å². The van der Waals surface area contributed by atoms with Crippen molar-refractivity contribution in [3.63, 3.8) is 0 Å². The first-order chi connectivity index (χ1) is 12.3. The number of hydrogen-bond acceptors (Lipinski definition) is 6. The van der Waals surface area contributed by atoms with Gasteiger partial charge in [-0.1, -0.05) is 13.8 Å². The van der Waals surface area contributed by atoms with E-state index in [1.54, 1.807) is 32.4 Å². The molecular formula is C19H27N3O4. The lowest BCUT2D eigenvalue weighted by molar-refractivity contribution is -0.121. The molecule has 2 rings (SSSR count). The molecule has 1 aliphatic heterocycles. The number of allylic oxidation sites excluding steroid dienone is 1. The summed E-state index contributed by atoms with van der Waals surface area (Å²) in [5.41, 5.74) is 2.58. The number of carbonyl (C=O) groups excluding carboxylic acids is 1. The van der Waals surface area contributed by atoms with Crippen LogP contribution in [0, 0.1) is 5.92 Å². The Balaban J connectivity index is 1.99. The molecule has 26 heavy (non-hydrogen) atoms. The van der Waals surface area contributed by atoms with Crippen LogP contribution in [-0.2, 0) is 9.53 Å². The molecule has 1 amide bonds. The Kier molecular flexibility index (Phi) is 6.63. The second-order valence-corrected chi connectivity index (χ2v) is 6.38. The lowest BCUT2D eigenvalue weighted by Gasteiger charge is -2.26. The first-order valence-corrected chi connectivity index (χ1v) is 8.51. The van der Waals surface area contributed by atoms with Crippen LogP contribution in [0.2, 0.25) is 0 Å². The number of benzene rings is 1. The number of nitrogens with zero attached hydrogens (tertiary/aromatic N) is 1. The molecule has 0 fully saturated rings. The van der Waals surface area contributed by atoms with E-state index in [2.05, 4.69) is 29.5 Å². The Labute approximate surface area is 154 Å². The third-order valence-corrected chi connectivity index (χ3v) is 4.12. The Morgan fingerprint density at radius 2 is 1.92 bits per heavy atom. The average molecular weight is 361 g/mol. The molecule has 1 atom stereocenters. The Bertz CT molecular complexity index is 725. The maximum atomic E-state index is 12.2. The van der Waals surface area contributed by atoms with Gasteiger partial charge in [0.25, 0.3) is 0 Å². The van der Waals surface area contributed by atoms with Gasteiger partial charge < -0.3 is 24.8 Å². The van der Waals surface area contributed by atoms with Crippen LogP contribution in [0.15, 0.2) is 34.5 Å². The van der Waals surface area contributed by atoms with Crippen molar-refractivity contribution >= 4 is 17.4 Å². The topological polar surface area (TPSA) is 81.2 Å². The molecule has 0 aromatic heterocycles. The van der Waals surface area contributed by atoms with E-state index in [0.29, 0.717) is 17.2 Å². The highest BCUT2D eigenvalue weighted by atomic mass is 16.5. The van der Waals surface area contributed by atoms with Gasteiger partial charge in [-0.2, -0.15) is 0 Å². The molecule has 1 aromatic rings. The molecular weight excluding hydrogens is 334 g/mol. The van der Waals surface area contributed by atoms with Crippen molar-refractivity contribution in [2.45, 2.75) is 33.9 Å². The number of methoxy groups -OCH3 is 2. The van der Waals surface area contributed by atoms with Crippen LogP contribution in [0.25, 0.3) is 0 Å². The minimum absolute atomic E-state index is 0.0987. The molecule has 142 valence electrons. The Morgan fingerprint density at radius 3 is 2.54 bits per heavy atom. The quantitative estimate of drug-likeness (QED) is 0.780. The monoisotopic (exact) mass is 361 g/mol. The Morgan fingerprint density at radius 1 is 1.23 bits per heavy atom. The highest BCUT2D eigenvalue weighted by molar-refractivity contribution is 5.92. The first-order valence-electron chi connectivity index (χ1n) is 8.51. The van der Waals surface area contributed by atoms with Gasteiger partial charge in [0.15, 0.2) is 17.7 Å². The van der Waals surface area contributed by atoms with Crippen molar-refractivity contribution in [3.8, 4) is 11.5 Å². The molecule has 1 aliphatic rings. The summed E-state index contributed by atoms with van der Waals surface area (Å²) in [7, 11) is 3.11. The fraction of sp³-hybridized carbons (Fsp3) is 0.474. The molecule has 7 heteroatoms. The van der Waals surface area contributed by atoms with E-state index in [1.165, 1.54) is 0 Å². The van der Waals surface area contributed by atoms with Crippen molar-refractivity contribution in [3.05, 3.63) is 29.5 Å². The minimum atomic E-state index is -0.454. The van der Waals surface area contributed by atoms with Gasteiger partial charge in [-0.25, -0.2) is 4.99 Å². The molecule has 0 saturated carbocycles. The van der Waals surface area contributed by atoms with E-state index in [4.69, 9.17) is 14.2 Å². The number of amidine groups is 1. The summed E-state index contributed by atoms with van der Waals surface area (Å²) in [6, 6.07) is 5.18. The van der Waals surface area contributed by atoms with Crippen molar-refractivity contribution < 1.29 is 19.0 Å². The molecule has 0 aliphatic carbocycles. The van der Waals surface area contributed by atoms with Crippen molar-refractivity contribution in [2.24, 2.45) is 10.9 Å². The zero-order valence-electron chi connectivity index (χ0n) is 16.2. The molecule has 1 unspecified atom stereocenters. The minimum Gasteiger partial charge on any atom is -0.493 e. The number of aliphatic imine (C=N–C) groups is 1. The summed E-state index contributed by atoms with van der Waals surface area (Å²) in [4.78, 5) is 16.8. The van der Waals surface area contributed by atoms with Gasteiger partial charge in [-0.05, 0) is 31.6 Å². The SMILES string of the molecule is COc1ccc(NC(=O)COC2N=C(C(C)C)NC(C)=C2C)cc1OC. The summed E-state index contributed by atoms with van der Waals surface area (Å²) < 4.78 is 16.1. The molecule has 0 radical (unpaired) electrons. The van der Waals surface area contributed by atoms with Gasteiger partial charge in [0.2, 0.25) is 5.91 Å². The maximum absolute atomic E-state index is 12.2. The van der Waals surface area contributed by atoms with Crippen LogP contribution < -0.4 is 20.1 Å². The number of hydrogen-bond donors (Lipinski definition) is 2. The molecule has 0 saturated heterocycles. The van der Waals surface area contributed by atoms with Crippen LogP contribution >= 0.6 is 0 Å². The van der Waals surface area contributed by atoms with E-state index < -0.39 is 6.23 Å². The highest BCUT2D eigenvalue weighted by Gasteiger charge is 2.22. The molecule has 7 nitrogen and oxygen atoms in total. The van der Waals surface area contributed by atoms with Gasteiger partial charge in [-0.15, -0.1) is 0 Å². The van der Waals surface area contributed by atoms with Gasteiger partial charge in [0.05, 0.1) is 14.2 Å². The number of nitrogens with one attached hydrogen (secondary N) is 2. The molecule has 1 heterocycles. The van der Waals surface area contributed by atoms with Crippen LogP contribution in [0.4, 0.5) is 5.69 Å².